The summed E-state index contributed by atoms with van der Waals surface area (Å²) in [6.07, 6.45) is 2.49. The average molecular weight is 370 g/mol. The fourth-order valence-electron chi connectivity index (χ4n) is 3.34. The van der Waals surface area contributed by atoms with Gasteiger partial charge in [-0.2, -0.15) is 0 Å². The number of methoxy groups -OCH3 is 1. The van der Waals surface area contributed by atoms with Crippen molar-refractivity contribution in [1.82, 2.24) is 4.98 Å². The molecule has 0 N–H and O–H groups in total. The van der Waals surface area contributed by atoms with Crippen LogP contribution in [0.25, 0.3) is 22.0 Å². The quantitative estimate of drug-likeness (QED) is 0.348. The van der Waals surface area contributed by atoms with Crippen LogP contribution in [0.2, 0.25) is 0 Å². The van der Waals surface area contributed by atoms with Crippen LogP contribution in [0.3, 0.4) is 0 Å². The maximum atomic E-state index is 11.2. The monoisotopic (exact) mass is 370 g/mol. The molecule has 0 aliphatic heterocycles. The van der Waals surface area contributed by atoms with E-state index in [4.69, 9.17) is 4.74 Å². The first kappa shape index (κ1) is 17.7. The number of non-ortho nitro benzene ring substituents is 1. The first-order valence-corrected chi connectivity index (χ1v) is 8.89. The van der Waals surface area contributed by atoms with E-state index in [2.05, 4.69) is 17.1 Å². The summed E-state index contributed by atoms with van der Waals surface area (Å²) in [7, 11) is 1.65. The van der Waals surface area contributed by atoms with Gasteiger partial charge < -0.3 is 4.74 Å². The van der Waals surface area contributed by atoms with Crippen LogP contribution in [0.1, 0.15) is 11.1 Å². The number of hydrogen-bond donors (Lipinski definition) is 0. The van der Waals surface area contributed by atoms with Gasteiger partial charge in [-0.3, -0.25) is 15.1 Å². The molecule has 0 aliphatic carbocycles. The smallest absolute Gasteiger partial charge is 0.270 e. The van der Waals surface area contributed by atoms with Crippen molar-refractivity contribution in [3.63, 3.8) is 0 Å². The molecule has 4 rings (SSSR count). The van der Waals surface area contributed by atoms with Gasteiger partial charge in [0.1, 0.15) is 5.75 Å². The summed E-state index contributed by atoms with van der Waals surface area (Å²) in [6, 6.07) is 22.8. The first-order valence-electron chi connectivity index (χ1n) is 8.89. The lowest BCUT2D eigenvalue weighted by Gasteiger charge is -2.11. The van der Waals surface area contributed by atoms with E-state index in [1.165, 1.54) is 6.07 Å². The summed E-state index contributed by atoms with van der Waals surface area (Å²) in [5.74, 6) is 0.823. The normalized spacial score (nSPS) is 10.8. The van der Waals surface area contributed by atoms with Crippen LogP contribution in [0.4, 0.5) is 5.69 Å². The predicted octanol–water partition coefficient (Wildman–Crippen LogP) is 5.41. The SMILES string of the molecule is COc1ccc(Cc2cc(-c3cccc([N+](=O)[O-])c3)c3ncccc3c2)cc1. The van der Waals surface area contributed by atoms with Crippen LogP contribution in [-0.2, 0) is 6.42 Å². The number of rotatable bonds is 5. The van der Waals surface area contributed by atoms with Gasteiger partial charge in [-0.25, -0.2) is 0 Å². The standard InChI is InChI=1S/C23H18N2O3/c1-28-21-9-7-16(8-10-21)12-17-13-19-5-3-11-24-23(19)22(14-17)18-4-2-6-20(15-18)25(26)27/h2-11,13-15H,12H2,1H3. The zero-order chi connectivity index (χ0) is 19.5. The summed E-state index contributed by atoms with van der Waals surface area (Å²) in [4.78, 5) is 15.3. The fraction of sp³-hybridized carbons (Fsp3) is 0.0870. The summed E-state index contributed by atoms with van der Waals surface area (Å²) in [5.41, 5.74) is 4.87. The highest BCUT2D eigenvalue weighted by Crippen LogP contribution is 2.31. The molecule has 1 aromatic heterocycles. The van der Waals surface area contributed by atoms with Gasteiger partial charge in [0.25, 0.3) is 5.69 Å². The van der Waals surface area contributed by atoms with Crippen LogP contribution < -0.4 is 4.74 Å². The Morgan fingerprint density at radius 2 is 1.79 bits per heavy atom. The van der Waals surface area contributed by atoms with Crippen LogP contribution >= 0.6 is 0 Å². The van der Waals surface area contributed by atoms with E-state index in [-0.39, 0.29) is 10.6 Å². The molecule has 28 heavy (non-hydrogen) atoms. The van der Waals surface area contributed by atoms with Crippen LogP contribution in [0.5, 0.6) is 5.75 Å². The van der Waals surface area contributed by atoms with Gasteiger partial charge in [0, 0.05) is 29.3 Å². The zero-order valence-electron chi connectivity index (χ0n) is 15.3. The molecule has 1 heterocycles. The fourth-order valence-corrected chi connectivity index (χ4v) is 3.34. The second kappa shape index (κ2) is 7.48. The minimum Gasteiger partial charge on any atom is -0.497 e. The Hall–Kier alpha value is -3.73. The van der Waals surface area contributed by atoms with Gasteiger partial charge in [-0.05, 0) is 53.4 Å². The highest BCUT2D eigenvalue weighted by molar-refractivity contribution is 5.94. The number of nitrogens with zero attached hydrogens (tertiary/aromatic N) is 2. The maximum Gasteiger partial charge on any atom is 0.270 e. The molecule has 0 unspecified atom stereocenters. The molecule has 5 nitrogen and oxygen atoms in total. The molecule has 0 radical (unpaired) electrons. The molecule has 0 atom stereocenters. The van der Waals surface area contributed by atoms with E-state index in [0.717, 1.165) is 45.3 Å². The van der Waals surface area contributed by atoms with Crippen molar-refractivity contribution in [3.05, 3.63) is 100 Å². The van der Waals surface area contributed by atoms with Crippen molar-refractivity contribution in [2.45, 2.75) is 6.42 Å². The minimum absolute atomic E-state index is 0.0714. The number of hydrogen-bond acceptors (Lipinski definition) is 4. The average Bonchev–Trinajstić information content (AvgIpc) is 2.74. The third-order valence-electron chi connectivity index (χ3n) is 4.70. The molecule has 0 spiro atoms. The summed E-state index contributed by atoms with van der Waals surface area (Å²) in [6.45, 7) is 0. The Labute approximate surface area is 162 Å². The lowest BCUT2D eigenvalue weighted by Crippen LogP contribution is -1.94. The number of nitro benzene ring substituents is 1. The summed E-state index contributed by atoms with van der Waals surface area (Å²) < 4.78 is 5.22. The molecule has 0 fully saturated rings. The summed E-state index contributed by atoms with van der Waals surface area (Å²) >= 11 is 0. The molecule has 0 saturated heterocycles. The Balaban J connectivity index is 1.81. The molecule has 3 aromatic carbocycles. The van der Waals surface area contributed by atoms with Crippen molar-refractivity contribution < 1.29 is 9.66 Å². The number of benzene rings is 3. The highest BCUT2D eigenvalue weighted by Gasteiger charge is 2.12. The topological polar surface area (TPSA) is 65.3 Å². The van der Waals surface area contributed by atoms with Gasteiger partial charge in [0.2, 0.25) is 0 Å². The van der Waals surface area contributed by atoms with E-state index in [0.29, 0.717) is 0 Å². The van der Waals surface area contributed by atoms with E-state index in [1.807, 2.05) is 42.5 Å². The zero-order valence-corrected chi connectivity index (χ0v) is 15.3. The predicted molar refractivity (Wildman–Crippen MR) is 110 cm³/mol. The van der Waals surface area contributed by atoms with Crippen molar-refractivity contribution in [3.8, 4) is 16.9 Å². The Morgan fingerprint density at radius 3 is 2.54 bits per heavy atom. The number of fused-ring (bicyclic) bond motifs is 1. The van der Waals surface area contributed by atoms with Crippen molar-refractivity contribution >= 4 is 16.6 Å². The van der Waals surface area contributed by atoms with Crippen LogP contribution in [0, 0.1) is 10.1 Å². The number of pyridine rings is 1. The maximum absolute atomic E-state index is 11.2. The first-order chi connectivity index (χ1) is 13.6. The van der Waals surface area contributed by atoms with Crippen LogP contribution in [-0.4, -0.2) is 17.0 Å². The Bertz CT molecular complexity index is 1150. The lowest BCUT2D eigenvalue weighted by atomic mass is 9.95. The molecular weight excluding hydrogens is 352 g/mol. The van der Waals surface area contributed by atoms with Gasteiger partial charge in [-0.1, -0.05) is 30.3 Å². The van der Waals surface area contributed by atoms with E-state index in [9.17, 15) is 10.1 Å². The van der Waals surface area contributed by atoms with Gasteiger partial charge in [0.05, 0.1) is 17.5 Å². The molecule has 0 saturated carbocycles. The molecule has 0 bridgehead atoms. The molecule has 0 aliphatic rings. The lowest BCUT2D eigenvalue weighted by molar-refractivity contribution is -0.384. The molecule has 5 heteroatoms. The highest BCUT2D eigenvalue weighted by atomic mass is 16.6. The largest absolute Gasteiger partial charge is 0.497 e. The Kier molecular flexibility index (Phi) is 4.72. The van der Waals surface area contributed by atoms with E-state index < -0.39 is 0 Å². The molecule has 4 aromatic rings. The minimum atomic E-state index is -0.375. The number of aromatic nitrogens is 1. The van der Waals surface area contributed by atoms with Crippen molar-refractivity contribution in [1.29, 1.82) is 0 Å². The van der Waals surface area contributed by atoms with Gasteiger partial charge in [0.15, 0.2) is 0 Å². The number of nitro groups is 1. The molecule has 138 valence electrons. The van der Waals surface area contributed by atoms with Gasteiger partial charge >= 0.3 is 0 Å². The number of ether oxygens (including phenoxy) is 1. The van der Waals surface area contributed by atoms with Gasteiger partial charge in [-0.15, -0.1) is 0 Å². The second-order valence-electron chi connectivity index (χ2n) is 6.55. The molecular formula is C23H18N2O3. The van der Waals surface area contributed by atoms with Crippen LogP contribution in [0.15, 0.2) is 79.0 Å². The van der Waals surface area contributed by atoms with E-state index in [1.54, 1.807) is 25.4 Å². The third-order valence-corrected chi connectivity index (χ3v) is 4.70. The second-order valence-corrected chi connectivity index (χ2v) is 6.55. The van der Waals surface area contributed by atoms with Crippen molar-refractivity contribution in [2.24, 2.45) is 0 Å². The third kappa shape index (κ3) is 3.55. The Morgan fingerprint density at radius 1 is 0.964 bits per heavy atom. The molecule has 0 amide bonds. The summed E-state index contributed by atoms with van der Waals surface area (Å²) in [5, 5.41) is 12.2. The van der Waals surface area contributed by atoms with Crippen molar-refractivity contribution in [2.75, 3.05) is 7.11 Å². The van der Waals surface area contributed by atoms with E-state index >= 15 is 0 Å².